The second-order valence-electron chi connectivity index (χ2n) is 4.76. The molecule has 2 aromatic rings. The van der Waals surface area contributed by atoms with E-state index in [0.717, 1.165) is 22.9 Å². The van der Waals surface area contributed by atoms with E-state index in [9.17, 15) is 0 Å². The van der Waals surface area contributed by atoms with Crippen LogP contribution in [0.1, 0.15) is 29.7 Å². The molecule has 0 spiro atoms. The van der Waals surface area contributed by atoms with E-state index in [1.807, 2.05) is 18.2 Å². The minimum absolute atomic E-state index is 0.0237. The summed E-state index contributed by atoms with van der Waals surface area (Å²) in [5.74, 6) is 5.71. The van der Waals surface area contributed by atoms with Gasteiger partial charge in [0.2, 0.25) is 0 Å². The number of rotatable bonds is 5. The highest BCUT2D eigenvalue weighted by Crippen LogP contribution is 2.28. The summed E-state index contributed by atoms with van der Waals surface area (Å²) in [6.07, 6.45) is 1.87. The first-order chi connectivity index (χ1) is 9.63. The van der Waals surface area contributed by atoms with Crippen molar-refractivity contribution >= 4 is 27.5 Å². The van der Waals surface area contributed by atoms with Gasteiger partial charge in [-0.3, -0.25) is 11.3 Å². The molecule has 0 aliphatic rings. The first kappa shape index (κ1) is 15.5. The Morgan fingerprint density at radius 2 is 1.80 bits per heavy atom. The van der Waals surface area contributed by atoms with Gasteiger partial charge in [-0.25, -0.2) is 0 Å². The zero-order valence-corrected chi connectivity index (χ0v) is 13.7. The lowest BCUT2D eigenvalue weighted by Gasteiger charge is -2.18. The molecule has 0 fully saturated rings. The molecule has 3 N–H and O–H groups in total. The van der Waals surface area contributed by atoms with Crippen LogP contribution in [0.5, 0.6) is 0 Å². The maximum atomic E-state index is 6.07. The van der Waals surface area contributed by atoms with Crippen LogP contribution in [0.15, 0.2) is 46.9 Å². The molecule has 2 rings (SSSR count). The number of hydrogen-bond acceptors (Lipinski definition) is 2. The smallest absolute Gasteiger partial charge is 0.0511 e. The Kier molecular flexibility index (Phi) is 5.61. The summed E-state index contributed by atoms with van der Waals surface area (Å²) >= 11 is 9.62. The summed E-state index contributed by atoms with van der Waals surface area (Å²) in [6, 6.07) is 14.4. The average Bonchev–Trinajstić information content (AvgIpc) is 2.48. The van der Waals surface area contributed by atoms with Gasteiger partial charge in [-0.2, -0.15) is 0 Å². The van der Waals surface area contributed by atoms with Crippen molar-refractivity contribution in [2.24, 2.45) is 5.84 Å². The summed E-state index contributed by atoms with van der Waals surface area (Å²) in [5, 5.41) is 0.713. The van der Waals surface area contributed by atoms with Crippen molar-refractivity contribution < 1.29 is 0 Å². The molecule has 1 atom stereocenters. The van der Waals surface area contributed by atoms with E-state index in [1.165, 1.54) is 11.1 Å². The highest BCUT2D eigenvalue weighted by molar-refractivity contribution is 9.10. The van der Waals surface area contributed by atoms with Gasteiger partial charge in [0.25, 0.3) is 0 Å². The number of nitrogens with two attached hydrogens (primary N) is 1. The van der Waals surface area contributed by atoms with Crippen molar-refractivity contribution in [3.05, 3.63) is 68.7 Å². The van der Waals surface area contributed by atoms with E-state index >= 15 is 0 Å². The molecular formula is C16H18BrClN2. The van der Waals surface area contributed by atoms with Gasteiger partial charge in [-0.1, -0.05) is 58.7 Å². The van der Waals surface area contributed by atoms with E-state index in [4.69, 9.17) is 17.4 Å². The van der Waals surface area contributed by atoms with E-state index in [0.29, 0.717) is 5.02 Å². The van der Waals surface area contributed by atoms with Gasteiger partial charge in [-0.15, -0.1) is 0 Å². The van der Waals surface area contributed by atoms with Gasteiger partial charge < -0.3 is 0 Å². The molecule has 4 heteroatoms. The molecule has 0 radical (unpaired) electrons. The van der Waals surface area contributed by atoms with Crippen molar-refractivity contribution in [3.63, 3.8) is 0 Å². The summed E-state index contributed by atoms with van der Waals surface area (Å²) in [6.45, 7) is 2.16. The first-order valence-corrected chi connectivity index (χ1v) is 7.80. The highest BCUT2D eigenvalue weighted by Gasteiger charge is 2.14. The molecule has 2 aromatic carbocycles. The molecular weight excluding hydrogens is 336 g/mol. The fourth-order valence-electron chi connectivity index (χ4n) is 2.19. The van der Waals surface area contributed by atoms with Crippen molar-refractivity contribution in [2.75, 3.05) is 0 Å². The number of hydrogen-bond donors (Lipinski definition) is 2. The number of nitrogens with one attached hydrogen (secondary N) is 1. The maximum Gasteiger partial charge on any atom is 0.0511 e. The molecule has 0 aliphatic carbocycles. The molecule has 0 heterocycles. The summed E-state index contributed by atoms with van der Waals surface area (Å²) < 4.78 is 1.01. The minimum Gasteiger partial charge on any atom is -0.271 e. The van der Waals surface area contributed by atoms with Gasteiger partial charge >= 0.3 is 0 Å². The van der Waals surface area contributed by atoms with Crippen LogP contribution in [-0.2, 0) is 12.8 Å². The highest BCUT2D eigenvalue weighted by atomic mass is 79.9. The Balaban J connectivity index is 2.21. The topological polar surface area (TPSA) is 38.0 Å². The monoisotopic (exact) mass is 352 g/mol. The van der Waals surface area contributed by atoms with Crippen LogP contribution in [-0.4, -0.2) is 0 Å². The third kappa shape index (κ3) is 3.83. The van der Waals surface area contributed by atoms with Crippen LogP contribution in [0.2, 0.25) is 5.02 Å². The van der Waals surface area contributed by atoms with E-state index in [1.54, 1.807) is 0 Å². The molecule has 1 unspecified atom stereocenters. The van der Waals surface area contributed by atoms with Crippen LogP contribution in [0, 0.1) is 0 Å². The Hall–Kier alpha value is -0.870. The second kappa shape index (κ2) is 7.23. The third-order valence-corrected chi connectivity index (χ3v) is 4.36. The molecule has 0 aromatic heterocycles. The van der Waals surface area contributed by atoms with E-state index in [2.05, 4.69) is 52.5 Å². The Morgan fingerprint density at radius 1 is 1.15 bits per heavy atom. The van der Waals surface area contributed by atoms with Crippen molar-refractivity contribution in [1.82, 2.24) is 5.43 Å². The Labute approximate surface area is 133 Å². The van der Waals surface area contributed by atoms with Crippen molar-refractivity contribution in [1.29, 1.82) is 0 Å². The van der Waals surface area contributed by atoms with Crippen LogP contribution in [0.4, 0.5) is 0 Å². The lowest BCUT2D eigenvalue weighted by molar-refractivity contribution is 0.550. The SMILES string of the molecule is CCc1ccc(CC(NN)c2cc(Cl)ccc2Br)cc1. The molecule has 0 aliphatic heterocycles. The fraction of sp³-hybridized carbons (Fsp3) is 0.250. The lowest BCUT2D eigenvalue weighted by Crippen LogP contribution is -2.29. The summed E-state index contributed by atoms with van der Waals surface area (Å²) in [5.41, 5.74) is 6.53. The number of halogens is 2. The minimum atomic E-state index is 0.0237. The lowest BCUT2D eigenvalue weighted by atomic mass is 9.98. The predicted octanol–water partition coefficient (Wildman–Crippen LogP) is 4.41. The summed E-state index contributed by atoms with van der Waals surface area (Å²) in [7, 11) is 0. The zero-order chi connectivity index (χ0) is 14.5. The number of benzene rings is 2. The summed E-state index contributed by atoms with van der Waals surface area (Å²) in [4.78, 5) is 0. The van der Waals surface area contributed by atoms with Crippen molar-refractivity contribution in [2.45, 2.75) is 25.8 Å². The quantitative estimate of drug-likeness (QED) is 0.617. The Morgan fingerprint density at radius 3 is 2.40 bits per heavy atom. The third-order valence-electron chi connectivity index (χ3n) is 3.41. The van der Waals surface area contributed by atoms with Gasteiger partial charge in [0, 0.05) is 9.50 Å². The molecule has 106 valence electrons. The maximum absolute atomic E-state index is 6.07. The number of aryl methyl sites for hydroxylation is 1. The van der Waals surface area contributed by atoms with Crippen LogP contribution in [0.25, 0.3) is 0 Å². The van der Waals surface area contributed by atoms with Crippen LogP contribution >= 0.6 is 27.5 Å². The molecule has 0 saturated heterocycles. The molecule has 0 amide bonds. The van der Waals surface area contributed by atoms with Crippen molar-refractivity contribution in [3.8, 4) is 0 Å². The normalized spacial score (nSPS) is 12.4. The second-order valence-corrected chi connectivity index (χ2v) is 6.05. The predicted molar refractivity (Wildman–Crippen MR) is 88.7 cm³/mol. The van der Waals surface area contributed by atoms with Gasteiger partial charge in [0.15, 0.2) is 0 Å². The molecule has 0 bridgehead atoms. The van der Waals surface area contributed by atoms with E-state index < -0.39 is 0 Å². The van der Waals surface area contributed by atoms with Gasteiger partial charge in [0.05, 0.1) is 6.04 Å². The van der Waals surface area contributed by atoms with Gasteiger partial charge in [0.1, 0.15) is 0 Å². The van der Waals surface area contributed by atoms with Crippen LogP contribution in [0.3, 0.4) is 0 Å². The average molecular weight is 354 g/mol. The van der Waals surface area contributed by atoms with E-state index in [-0.39, 0.29) is 6.04 Å². The van der Waals surface area contributed by atoms with Crippen LogP contribution < -0.4 is 11.3 Å². The largest absolute Gasteiger partial charge is 0.271 e. The zero-order valence-electron chi connectivity index (χ0n) is 11.4. The standard InChI is InChI=1S/C16H18BrClN2/c1-2-11-3-5-12(6-4-11)9-16(20-19)14-10-13(18)7-8-15(14)17/h3-8,10,16,20H,2,9,19H2,1H3. The Bertz CT molecular complexity index is 569. The molecule has 2 nitrogen and oxygen atoms in total. The number of hydrazine groups is 1. The fourth-order valence-corrected chi connectivity index (χ4v) is 2.89. The first-order valence-electron chi connectivity index (χ1n) is 6.63. The molecule has 0 saturated carbocycles. The molecule has 20 heavy (non-hydrogen) atoms. The van der Waals surface area contributed by atoms with Gasteiger partial charge in [-0.05, 0) is 47.7 Å².